The Balaban J connectivity index is 1.79. The molecular weight excluding hydrogens is 413 g/mol. The fourth-order valence-corrected chi connectivity index (χ4v) is 5.19. The number of phenolic OH excluding ortho intramolecular Hbond substituents is 1. The minimum atomic E-state index is -0.848. The van der Waals surface area contributed by atoms with Crippen LogP contribution < -0.4 is 0 Å². The van der Waals surface area contributed by atoms with Crippen molar-refractivity contribution in [1.29, 1.82) is 0 Å². The average molecular weight is 446 g/mol. The fourth-order valence-electron chi connectivity index (χ4n) is 5.19. The van der Waals surface area contributed by atoms with Gasteiger partial charge >= 0.3 is 0 Å². The monoisotopic (exact) mass is 445 g/mol. The number of imide groups is 1. The number of carbonyl (C=O) groups excluding carboxylic acids is 2. The predicted molar refractivity (Wildman–Crippen MR) is 119 cm³/mol. The lowest BCUT2D eigenvalue weighted by molar-refractivity contribution is -0.138. The second kappa shape index (κ2) is 9.96. The lowest BCUT2D eigenvalue weighted by atomic mass is 9.68. The van der Waals surface area contributed by atoms with Crippen LogP contribution in [0.15, 0.2) is 34.9 Å². The van der Waals surface area contributed by atoms with Crippen LogP contribution in [-0.4, -0.2) is 51.8 Å². The van der Waals surface area contributed by atoms with Crippen molar-refractivity contribution in [3.8, 4) is 5.75 Å². The van der Waals surface area contributed by atoms with E-state index in [0.717, 1.165) is 28.9 Å². The minimum absolute atomic E-state index is 0.222. The number of benzene rings is 1. The van der Waals surface area contributed by atoms with Gasteiger partial charge < -0.3 is 15.3 Å². The molecule has 2 aliphatic rings. The number of aliphatic hydroxyl groups excluding tert-OH is 2. The van der Waals surface area contributed by atoms with Crippen molar-refractivity contribution >= 4 is 17.9 Å². The Hall–Kier alpha value is -2.51. The highest BCUT2D eigenvalue weighted by Gasteiger charge is 2.53. The zero-order valence-electron chi connectivity index (χ0n) is 18.8. The molecule has 0 bridgehead atoms. The van der Waals surface area contributed by atoms with Gasteiger partial charge in [0.15, 0.2) is 11.6 Å². The molecule has 32 heavy (non-hydrogen) atoms. The first-order valence-corrected chi connectivity index (χ1v) is 11.2. The molecule has 1 aliphatic heterocycles. The molecule has 3 N–H and O–H groups in total. The van der Waals surface area contributed by atoms with E-state index < -0.39 is 35.4 Å². The average Bonchev–Trinajstić information content (AvgIpc) is 2.97. The number of nitrogens with zero attached hydrogens (tertiary/aromatic N) is 1. The van der Waals surface area contributed by atoms with Gasteiger partial charge in [-0.05, 0) is 55.9 Å². The Morgan fingerprint density at radius 3 is 2.62 bits per heavy atom. The summed E-state index contributed by atoms with van der Waals surface area (Å²) in [6.07, 6.45) is 4.05. The van der Waals surface area contributed by atoms with Crippen LogP contribution in [0.3, 0.4) is 0 Å². The number of phenols is 1. The second-order valence-electron chi connectivity index (χ2n) is 8.91. The summed E-state index contributed by atoms with van der Waals surface area (Å²) >= 11 is 0. The highest BCUT2D eigenvalue weighted by atomic mass is 19.1. The predicted octanol–water partition coefficient (Wildman–Crippen LogP) is 3.42. The first-order chi connectivity index (χ1) is 15.2. The number of amides is 2. The Kier molecular flexibility index (Phi) is 7.51. The maximum atomic E-state index is 13.7. The SMILES string of the molecule is CCC/C(=C\c1ccc(O)c(F)c1)CC[C@@H](O)C1=C(C)C[C@H]2C(=O)N(C)C(=O)[C@H]2[C@H]1CO. The number of aromatic hydroxyl groups is 1. The first-order valence-electron chi connectivity index (χ1n) is 11.2. The zero-order valence-corrected chi connectivity index (χ0v) is 18.8. The number of aliphatic hydroxyl groups is 2. The van der Waals surface area contributed by atoms with Gasteiger partial charge in [-0.15, -0.1) is 0 Å². The van der Waals surface area contributed by atoms with Gasteiger partial charge in [-0.25, -0.2) is 4.39 Å². The van der Waals surface area contributed by atoms with Crippen LogP contribution in [0.1, 0.15) is 51.5 Å². The minimum Gasteiger partial charge on any atom is -0.505 e. The maximum Gasteiger partial charge on any atom is 0.233 e. The van der Waals surface area contributed by atoms with Crippen LogP contribution in [0.2, 0.25) is 0 Å². The fraction of sp³-hybridized carbons (Fsp3) is 0.520. The van der Waals surface area contributed by atoms with Gasteiger partial charge in [0.25, 0.3) is 0 Å². The van der Waals surface area contributed by atoms with E-state index in [9.17, 15) is 29.3 Å². The maximum absolute atomic E-state index is 13.7. The summed E-state index contributed by atoms with van der Waals surface area (Å²) in [6, 6.07) is 4.23. The molecule has 1 aliphatic carbocycles. The quantitative estimate of drug-likeness (QED) is 0.421. The molecule has 1 aromatic carbocycles. The number of hydrogen-bond donors (Lipinski definition) is 3. The lowest BCUT2D eigenvalue weighted by Gasteiger charge is -2.35. The molecule has 1 fully saturated rings. The van der Waals surface area contributed by atoms with E-state index in [1.54, 1.807) is 6.07 Å². The standard InChI is InChI=1S/C25H32FNO5/c1-4-5-15(11-16-7-8-20(29)19(26)12-16)6-9-21(30)22-14(2)10-17-23(18(22)13-28)25(32)27(3)24(17)31/h7-8,11-12,17-18,21,23,28-30H,4-6,9-10,13H2,1-3H3/b15-11+/t17-,18+,21-,23-/m1/s1. The smallest absolute Gasteiger partial charge is 0.233 e. The number of likely N-dealkylation sites (tertiary alicyclic amines) is 1. The molecule has 7 heteroatoms. The molecule has 1 saturated heterocycles. The molecule has 0 unspecified atom stereocenters. The zero-order chi connectivity index (χ0) is 23.6. The van der Waals surface area contributed by atoms with Crippen molar-refractivity contribution in [1.82, 2.24) is 4.90 Å². The Labute approximate surface area is 188 Å². The summed E-state index contributed by atoms with van der Waals surface area (Å²) in [5.74, 6) is -3.27. The van der Waals surface area contributed by atoms with Crippen LogP contribution in [0.25, 0.3) is 6.08 Å². The molecule has 3 rings (SSSR count). The van der Waals surface area contributed by atoms with Crippen LogP contribution in [0.4, 0.5) is 4.39 Å². The number of rotatable bonds is 8. The van der Waals surface area contributed by atoms with Crippen molar-refractivity contribution in [2.45, 2.75) is 52.1 Å². The Morgan fingerprint density at radius 1 is 1.28 bits per heavy atom. The molecule has 1 aromatic rings. The third-order valence-electron chi connectivity index (χ3n) is 6.76. The van der Waals surface area contributed by atoms with E-state index in [-0.39, 0.29) is 18.4 Å². The molecule has 0 saturated carbocycles. The number of carbonyl (C=O) groups is 2. The van der Waals surface area contributed by atoms with Gasteiger partial charge in [-0.1, -0.05) is 36.6 Å². The van der Waals surface area contributed by atoms with Crippen molar-refractivity contribution in [2.75, 3.05) is 13.7 Å². The molecule has 1 heterocycles. The van der Waals surface area contributed by atoms with Crippen LogP contribution in [0, 0.1) is 23.6 Å². The van der Waals surface area contributed by atoms with E-state index in [4.69, 9.17) is 0 Å². The molecule has 174 valence electrons. The molecular formula is C25H32FNO5. The highest BCUT2D eigenvalue weighted by Crippen LogP contribution is 2.45. The third-order valence-corrected chi connectivity index (χ3v) is 6.76. The van der Waals surface area contributed by atoms with Crippen molar-refractivity contribution in [2.24, 2.45) is 17.8 Å². The molecule has 0 radical (unpaired) electrons. The number of allylic oxidation sites excluding steroid dienone is 2. The summed E-state index contributed by atoms with van der Waals surface area (Å²) in [5, 5.41) is 30.5. The van der Waals surface area contributed by atoms with Crippen LogP contribution in [-0.2, 0) is 9.59 Å². The van der Waals surface area contributed by atoms with E-state index >= 15 is 0 Å². The molecule has 6 nitrogen and oxygen atoms in total. The van der Waals surface area contributed by atoms with Crippen molar-refractivity contribution in [3.63, 3.8) is 0 Å². The Bertz CT molecular complexity index is 954. The van der Waals surface area contributed by atoms with Gasteiger partial charge in [0.2, 0.25) is 11.8 Å². The summed E-state index contributed by atoms with van der Waals surface area (Å²) in [5.41, 5.74) is 3.20. The third kappa shape index (κ3) is 4.64. The first kappa shape index (κ1) is 24.1. The largest absolute Gasteiger partial charge is 0.505 e. The second-order valence-corrected chi connectivity index (χ2v) is 8.91. The van der Waals surface area contributed by atoms with Gasteiger partial charge in [-0.2, -0.15) is 0 Å². The summed E-state index contributed by atoms with van der Waals surface area (Å²) in [4.78, 5) is 26.2. The van der Waals surface area contributed by atoms with Gasteiger partial charge in [0, 0.05) is 13.0 Å². The normalized spacial score (nSPS) is 24.9. The van der Waals surface area contributed by atoms with E-state index in [2.05, 4.69) is 0 Å². The van der Waals surface area contributed by atoms with Crippen LogP contribution in [0.5, 0.6) is 5.75 Å². The van der Waals surface area contributed by atoms with Gasteiger partial charge in [0.05, 0.1) is 24.5 Å². The van der Waals surface area contributed by atoms with Crippen molar-refractivity contribution < 1.29 is 29.3 Å². The van der Waals surface area contributed by atoms with Gasteiger partial charge in [0.1, 0.15) is 0 Å². The number of hydrogen-bond acceptors (Lipinski definition) is 5. The molecule has 0 aromatic heterocycles. The van der Waals surface area contributed by atoms with Crippen LogP contribution >= 0.6 is 0 Å². The highest BCUT2D eigenvalue weighted by molar-refractivity contribution is 6.05. The number of fused-ring (bicyclic) bond motifs is 1. The summed E-state index contributed by atoms with van der Waals surface area (Å²) < 4.78 is 13.7. The number of halogens is 1. The van der Waals surface area contributed by atoms with E-state index in [1.807, 2.05) is 19.9 Å². The molecule has 4 atom stereocenters. The lowest BCUT2D eigenvalue weighted by Crippen LogP contribution is -2.38. The van der Waals surface area contributed by atoms with Crippen molar-refractivity contribution in [3.05, 3.63) is 46.3 Å². The van der Waals surface area contributed by atoms with Gasteiger partial charge in [-0.3, -0.25) is 14.5 Å². The van der Waals surface area contributed by atoms with E-state index in [1.165, 1.54) is 19.2 Å². The Morgan fingerprint density at radius 2 is 2.00 bits per heavy atom. The summed E-state index contributed by atoms with van der Waals surface area (Å²) in [6.45, 7) is 3.59. The summed E-state index contributed by atoms with van der Waals surface area (Å²) in [7, 11) is 1.47. The molecule has 0 spiro atoms. The van der Waals surface area contributed by atoms with E-state index in [0.29, 0.717) is 30.4 Å². The molecule has 2 amide bonds. The topological polar surface area (TPSA) is 98.1 Å².